The van der Waals surface area contributed by atoms with Crippen molar-refractivity contribution in [3.05, 3.63) is 31.3 Å². The summed E-state index contributed by atoms with van der Waals surface area (Å²) in [6, 6.07) is -0.264. The molecule has 0 bridgehead atoms. The van der Waals surface area contributed by atoms with E-state index in [1.165, 1.54) is 15.9 Å². The van der Waals surface area contributed by atoms with Crippen molar-refractivity contribution in [1.82, 2.24) is 18.9 Å². The third-order valence-corrected chi connectivity index (χ3v) is 7.43. The van der Waals surface area contributed by atoms with Gasteiger partial charge in [0.15, 0.2) is 0 Å². The maximum atomic E-state index is 13.3. The summed E-state index contributed by atoms with van der Waals surface area (Å²) in [5, 5.41) is 9.69. The van der Waals surface area contributed by atoms with Crippen LogP contribution in [0.1, 0.15) is 43.2 Å². The Morgan fingerprint density at radius 2 is 2.06 bits per heavy atom. The van der Waals surface area contributed by atoms with E-state index in [9.17, 15) is 14.4 Å². The molecule has 4 rings (SSSR count). The van der Waals surface area contributed by atoms with Crippen LogP contribution < -0.4 is 11.2 Å². The van der Waals surface area contributed by atoms with E-state index >= 15 is 0 Å². The van der Waals surface area contributed by atoms with Gasteiger partial charge in [-0.05, 0) is 39.2 Å². The minimum absolute atomic E-state index is 0.0404. The molecule has 2 aromatic rings. The molecule has 2 fully saturated rings. The van der Waals surface area contributed by atoms with E-state index in [4.69, 9.17) is 9.84 Å². The molecule has 2 aliphatic rings. The minimum Gasteiger partial charge on any atom is -0.463 e. The number of rotatable bonds is 5. The molecule has 2 aliphatic heterocycles. The average Bonchev–Trinajstić information content (AvgIpc) is 3.41. The number of ether oxygens (including phenoxy) is 1. The Bertz CT molecular complexity index is 1190. The van der Waals surface area contributed by atoms with Gasteiger partial charge in [0, 0.05) is 37.7 Å². The maximum absolute atomic E-state index is 13.3. The molecule has 1 unspecified atom stereocenters. The molecule has 1 N–H and O–H groups in total. The molecule has 0 saturated carbocycles. The van der Waals surface area contributed by atoms with Crippen LogP contribution in [0.3, 0.4) is 0 Å². The number of fused-ring (bicyclic) bond motifs is 1. The molecule has 4 heterocycles. The number of carboxylic acid groups (broad SMARTS) is 1. The van der Waals surface area contributed by atoms with Crippen molar-refractivity contribution in [3.63, 3.8) is 0 Å². The van der Waals surface area contributed by atoms with Gasteiger partial charge in [0.05, 0.1) is 24.6 Å². The second-order valence-electron chi connectivity index (χ2n) is 8.66. The van der Waals surface area contributed by atoms with E-state index in [-0.39, 0.29) is 23.4 Å². The van der Waals surface area contributed by atoms with Crippen LogP contribution in [0.2, 0.25) is 0 Å². The third kappa shape index (κ3) is 3.95. The van der Waals surface area contributed by atoms with Crippen molar-refractivity contribution in [2.24, 2.45) is 4.99 Å². The van der Waals surface area contributed by atoms with Gasteiger partial charge in [0.1, 0.15) is 4.83 Å². The molecule has 0 aromatic carbocycles. The van der Waals surface area contributed by atoms with Gasteiger partial charge in [-0.1, -0.05) is 0 Å². The molecule has 0 spiro atoms. The Balaban J connectivity index is 1.83. The molecule has 174 valence electrons. The second kappa shape index (κ2) is 8.70. The Morgan fingerprint density at radius 1 is 1.31 bits per heavy atom. The first-order valence-corrected chi connectivity index (χ1v) is 11.7. The van der Waals surface area contributed by atoms with Crippen LogP contribution >= 0.6 is 11.3 Å². The van der Waals surface area contributed by atoms with Crippen LogP contribution in [0.25, 0.3) is 10.2 Å². The number of likely N-dealkylation sites (N-methyl/N-ethyl adjacent to an activating group) is 1. The summed E-state index contributed by atoms with van der Waals surface area (Å²) in [4.78, 5) is 46.8. The van der Waals surface area contributed by atoms with E-state index in [1.807, 2.05) is 25.7 Å². The van der Waals surface area contributed by atoms with E-state index in [2.05, 4.69) is 4.99 Å². The van der Waals surface area contributed by atoms with Crippen LogP contribution in [0.4, 0.5) is 4.79 Å². The molecule has 32 heavy (non-hydrogen) atoms. The lowest BCUT2D eigenvalue weighted by molar-refractivity contribution is 0.0965. The maximum Gasteiger partial charge on any atom is 0.434 e. The predicted octanol–water partition coefficient (Wildman–Crippen LogP) is 2.07. The Hall–Kier alpha value is -2.66. The highest BCUT2D eigenvalue weighted by Gasteiger charge is 2.28. The van der Waals surface area contributed by atoms with Crippen LogP contribution in [0.15, 0.2) is 14.6 Å². The van der Waals surface area contributed by atoms with E-state index in [0.717, 1.165) is 23.3 Å². The number of nitrogens with zero attached hydrogens (tertiary/aromatic N) is 5. The van der Waals surface area contributed by atoms with E-state index in [1.54, 1.807) is 16.5 Å². The fourth-order valence-corrected chi connectivity index (χ4v) is 5.76. The molecular weight excluding hydrogens is 434 g/mol. The van der Waals surface area contributed by atoms with E-state index in [0.29, 0.717) is 49.0 Å². The minimum atomic E-state index is -1.24. The lowest BCUT2D eigenvalue weighted by Crippen LogP contribution is -2.42. The first-order valence-electron chi connectivity index (χ1n) is 10.9. The Labute approximate surface area is 189 Å². The standard InChI is InChI=1S/C21H29N5O5S/c1-12(2)26-17(27)16-13(3)15(11-24-8-7-23(4)19(24)22-20(28)29)32-18(16)25(21(26)30)10-14-6-5-9-31-14/h12,14H,5-11H2,1-4H3,(H,28,29). The average molecular weight is 464 g/mol. The predicted molar refractivity (Wildman–Crippen MR) is 123 cm³/mol. The highest BCUT2D eigenvalue weighted by molar-refractivity contribution is 7.18. The zero-order valence-corrected chi connectivity index (χ0v) is 19.6. The molecule has 10 nitrogen and oxygen atoms in total. The van der Waals surface area contributed by atoms with Gasteiger partial charge in [-0.2, -0.15) is 0 Å². The van der Waals surface area contributed by atoms with Crippen LogP contribution in [-0.2, 0) is 17.8 Å². The molecule has 11 heteroatoms. The van der Waals surface area contributed by atoms with Crippen molar-refractivity contribution in [2.75, 3.05) is 26.7 Å². The molecule has 1 amide bonds. The molecule has 2 saturated heterocycles. The van der Waals surface area contributed by atoms with Crippen molar-refractivity contribution in [2.45, 2.75) is 58.8 Å². The number of hydrogen-bond acceptors (Lipinski definition) is 5. The monoisotopic (exact) mass is 463 g/mol. The zero-order chi connectivity index (χ0) is 23.2. The van der Waals surface area contributed by atoms with Crippen molar-refractivity contribution >= 4 is 33.6 Å². The van der Waals surface area contributed by atoms with Crippen molar-refractivity contribution in [3.8, 4) is 0 Å². The quantitative estimate of drug-likeness (QED) is 0.723. The number of hydrogen-bond donors (Lipinski definition) is 1. The van der Waals surface area contributed by atoms with Gasteiger partial charge in [0.2, 0.25) is 5.96 Å². The number of guanidine groups is 1. The summed E-state index contributed by atoms with van der Waals surface area (Å²) in [7, 11) is 1.81. The summed E-state index contributed by atoms with van der Waals surface area (Å²) < 4.78 is 8.78. The molecule has 0 aliphatic carbocycles. The smallest absolute Gasteiger partial charge is 0.434 e. The third-order valence-electron chi connectivity index (χ3n) is 6.13. The first kappa shape index (κ1) is 22.5. The summed E-state index contributed by atoms with van der Waals surface area (Å²) in [5.74, 6) is 0.394. The van der Waals surface area contributed by atoms with Gasteiger partial charge in [-0.3, -0.25) is 13.9 Å². The number of amides is 1. The Morgan fingerprint density at radius 3 is 2.69 bits per heavy atom. The first-order chi connectivity index (χ1) is 15.2. The highest BCUT2D eigenvalue weighted by Crippen LogP contribution is 2.31. The topological polar surface area (TPSA) is 109 Å². The number of thiophene rings is 1. The SMILES string of the molecule is Cc1c(CN2CCN(C)C2=NC(=O)O)sc2c1c(=O)n(C(C)C)c(=O)n2CC1CCCO1. The van der Waals surface area contributed by atoms with Gasteiger partial charge in [-0.15, -0.1) is 16.3 Å². The zero-order valence-electron chi connectivity index (χ0n) is 18.8. The van der Waals surface area contributed by atoms with Gasteiger partial charge < -0.3 is 19.6 Å². The summed E-state index contributed by atoms with van der Waals surface area (Å²) >= 11 is 1.42. The summed E-state index contributed by atoms with van der Waals surface area (Å²) in [6.45, 7) is 8.40. The van der Waals surface area contributed by atoms with Crippen LogP contribution in [-0.4, -0.2) is 68.9 Å². The van der Waals surface area contributed by atoms with Crippen molar-refractivity contribution < 1.29 is 14.6 Å². The van der Waals surface area contributed by atoms with Gasteiger partial charge >= 0.3 is 11.8 Å². The molecule has 1 atom stereocenters. The fraction of sp³-hybridized carbons (Fsp3) is 0.619. The van der Waals surface area contributed by atoms with Gasteiger partial charge in [0.25, 0.3) is 5.56 Å². The van der Waals surface area contributed by atoms with Crippen molar-refractivity contribution in [1.29, 1.82) is 0 Å². The number of aliphatic imine (C=N–C) groups is 1. The normalized spacial score (nSPS) is 20.4. The summed E-state index contributed by atoms with van der Waals surface area (Å²) in [6.07, 6.45) is 0.578. The lowest BCUT2D eigenvalue weighted by atomic mass is 10.2. The van der Waals surface area contributed by atoms with Crippen LogP contribution in [0, 0.1) is 6.92 Å². The molecule has 2 aromatic heterocycles. The number of aryl methyl sites for hydroxylation is 1. The number of carbonyl (C=O) groups is 1. The second-order valence-corrected chi connectivity index (χ2v) is 9.75. The Kier molecular flexibility index (Phi) is 6.13. The lowest BCUT2D eigenvalue weighted by Gasteiger charge is -2.19. The van der Waals surface area contributed by atoms with Gasteiger partial charge in [-0.25, -0.2) is 9.59 Å². The fourth-order valence-electron chi connectivity index (χ4n) is 4.45. The highest BCUT2D eigenvalue weighted by atomic mass is 32.1. The molecular formula is C21H29N5O5S. The van der Waals surface area contributed by atoms with E-state index < -0.39 is 6.09 Å². The largest absolute Gasteiger partial charge is 0.463 e. The molecule has 0 radical (unpaired) electrons. The van der Waals surface area contributed by atoms with Crippen LogP contribution in [0.5, 0.6) is 0 Å². The summed E-state index contributed by atoms with van der Waals surface area (Å²) in [5.41, 5.74) is 0.242. The number of aromatic nitrogens is 2.